The van der Waals surface area contributed by atoms with Gasteiger partial charge in [-0.3, -0.25) is 19.1 Å². The fourth-order valence-corrected chi connectivity index (χ4v) is 2.89. The Balaban J connectivity index is 1.90. The molecule has 0 aliphatic heterocycles. The molecular formula is C21H15N3O2. The first kappa shape index (κ1) is 15.9. The van der Waals surface area contributed by atoms with E-state index in [0.29, 0.717) is 27.9 Å². The minimum atomic E-state index is -0.237. The Hall–Kier alpha value is -3.60. The van der Waals surface area contributed by atoms with Crippen molar-refractivity contribution in [2.45, 2.75) is 6.54 Å². The highest BCUT2D eigenvalue weighted by atomic mass is 16.1. The first-order valence-electron chi connectivity index (χ1n) is 8.22. The first-order chi connectivity index (χ1) is 12.7. The number of rotatable bonds is 4. The third-order valence-electron chi connectivity index (χ3n) is 4.18. The molecular weight excluding hydrogens is 326 g/mol. The molecule has 0 amide bonds. The van der Waals surface area contributed by atoms with Crippen LogP contribution in [-0.4, -0.2) is 20.3 Å². The zero-order valence-electron chi connectivity index (χ0n) is 13.9. The topological polar surface area (TPSA) is 64.8 Å². The number of fused-ring (bicyclic) bond motifs is 1. The van der Waals surface area contributed by atoms with E-state index in [9.17, 15) is 9.59 Å². The molecule has 0 aliphatic rings. The summed E-state index contributed by atoms with van der Waals surface area (Å²) in [5.41, 5.74) is 1.61. The van der Waals surface area contributed by atoms with Crippen LogP contribution in [0.3, 0.4) is 0 Å². The summed E-state index contributed by atoms with van der Waals surface area (Å²) in [5.74, 6) is 0.293. The van der Waals surface area contributed by atoms with Crippen molar-refractivity contribution in [3.63, 3.8) is 0 Å². The van der Waals surface area contributed by atoms with Crippen molar-refractivity contribution in [1.29, 1.82) is 0 Å². The molecule has 0 unspecified atom stereocenters. The minimum absolute atomic E-state index is 0.0785. The maximum Gasteiger partial charge on any atom is 0.262 e. The van der Waals surface area contributed by atoms with Crippen LogP contribution in [-0.2, 0) is 6.54 Å². The molecule has 5 heteroatoms. The summed E-state index contributed by atoms with van der Waals surface area (Å²) in [6.07, 6.45) is 3.29. The third-order valence-corrected chi connectivity index (χ3v) is 4.18. The Morgan fingerprint density at radius 2 is 1.69 bits per heavy atom. The Bertz CT molecular complexity index is 1140. The smallest absolute Gasteiger partial charge is 0.262 e. The molecule has 4 rings (SSSR count). The molecule has 0 aliphatic carbocycles. The summed E-state index contributed by atoms with van der Waals surface area (Å²) in [6, 6.07) is 19.7. The Morgan fingerprint density at radius 3 is 2.46 bits per heavy atom. The Kier molecular flexibility index (Phi) is 4.11. The molecule has 0 bridgehead atoms. The lowest BCUT2D eigenvalue weighted by molar-refractivity contribution is 0.0971. The van der Waals surface area contributed by atoms with Gasteiger partial charge in [-0.2, -0.15) is 0 Å². The van der Waals surface area contributed by atoms with Crippen LogP contribution >= 0.6 is 0 Å². The van der Waals surface area contributed by atoms with Crippen molar-refractivity contribution in [1.82, 2.24) is 14.5 Å². The molecule has 0 spiro atoms. The van der Waals surface area contributed by atoms with E-state index >= 15 is 0 Å². The number of carbonyl (C=O) groups excluding carboxylic acids is 1. The number of ketones is 1. The van der Waals surface area contributed by atoms with E-state index in [1.807, 2.05) is 18.2 Å². The van der Waals surface area contributed by atoms with E-state index < -0.39 is 0 Å². The normalized spacial score (nSPS) is 10.8. The van der Waals surface area contributed by atoms with Crippen molar-refractivity contribution in [2.75, 3.05) is 0 Å². The molecule has 0 saturated carbocycles. The summed E-state index contributed by atoms with van der Waals surface area (Å²) in [5, 5.41) is 0.487. The zero-order chi connectivity index (χ0) is 17.9. The standard InChI is InChI=1S/C21H15N3O2/c25-19(15-7-2-1-3-8-15)14-24-20(16-9-6-12-22-13-16)23-18-11-5-4-10-17(18)21(24)26/h1-13H,14H2. The van der Waals surface area contributed by atoms with Gasteiger partial charge in [0.2, 0.25) is 0 Å². The van der Waals surface area contributed by atoms with Crippen molar-refractivity contribution in [3.05, 3.63) is 95.0 Å². The summed E-state index contributed by atoms with van der Waals surface area (Å²) < 4.78 is 1.43. The lowest BCUT2D eigenvalue weighted by atomic mass is 10.1. The Labute approximate surface area is 149 Å². The van der Waals surface area contributed by atoms with Gasteiger partial charge in [-0.25, -0.2) is 4.98 Å². The van der Waals surface area contributed by atoms with Crippen LogP contribution in [0.2, 0.25) is 0 Å². The molecule has 0 radical (unpaired) electrons. The van der Waals surface area contributed by atoms with E-state index in [1.54, 1.807) is 60.9 Å². The third kappa shape index (κ3) is 2.91. The molecule has 5 nitrogen and oxygen atoms in total. The molecule has 4 aromatic rings. The van der Waals surface area contributed by atoms with Crippen LogP contribution in [0.4, 0.5) is 0 Å². The summed E-state index contributed by atoms with van der Waals surface area (Å²) in [7, 11) is 0. The number of nitrogens with zero attached hydrogens (tertiary/aromatic N) is 3. The van der Waals surface area contributed by atoms with E-state index in [0.717, 1.165) is 0 Å². The average Bonchev–Trinajstić information content (AvgIpc) is 2.71. The molecule has 2 aromatic heterocycles. The second-order valence-electron chi connectivity index (χ2n) is 5.87. The van der Waals surface area contributed by atoms with Crippen molar-refractivity contribution in [2.24, 2.45) is 0 Å². The van der Waals surface area contributed by atoms with E-state index in [2.05, 4.69) is 9.97 Å². The van der Waals surface area contributed by atoms with E-state index in [4.69, 9.17) is 0 Å². The van der Waals surface area contributed by atoms with Gasteiger partial charge >= 0.3 is 0 Å². The lowest BCUT2D eigenvalue weighted by Crippen LogP contribution is -2.27. The lowest BCUT2D eigenvalue weighted by Gasteiger charge is -2.13. The molecule has 126 valence electrons. The number of pyridine rings is 1. The van der Waals surface area contributed by atoms with Gasteiger partial charge in [0.25, 0.3) is 5.56 Å². The van der Waals surface area contributed by atoms with Crippen LogP contribution < -0.4 is 5.56 Å². The number of aromatic nitrogens is 3. The van der Waals surface area contributed by atoms with Gasteiger partial charge in [0.1, 0.15) is 5.82 Å². The predicted molar refractivity (Wildman–Crippen MR) is 100 cm³/mol. The van der Waals surface area contributed by atoms with Crippen LogP contribution in [0.5, 0.6) is 0 Å². The molecule has 2 aromatic carbocycles. The molecule has 0 atom stereocenters. The summed E-state index contributed by atoms with van der Waals surface area (Å²) in [4.78, 5) is 34.5. The van der Waals surface area contributed by atoms with Crippen molar-refractivity contribution in [3.8, 4) is 11.4 Å². The van der Waals surface area contributed by atoms with Gasteiger partial charge in [0.05, 0.1) is 17.4 Å². The number of hydrogen-bond acceptors (Lipinski definition) is 4. The second-order valence-corrected chi connectivity index (χ2v) is 5.87. The number of hydrogen-bond donors (Lipinski definition) is 0. The maximum absolute atomic E-state index is 13.0. The largest absolute Gasteiger partial charge is 0.292 e. The van der Waals surface area contributed by atoms with Crippen LogP contribution in [0.25, 0.3) is 22.3 Å². The van der Waals surface area contributed by atoms with Gasteiger partial charge in [-0.05, 0) is 24.3 Å². The van der Waals surface area contributed by atoms with Crippen LogP contribution in [0.1, 0.15) is 10.4 Å². The first-order valence-corrected chi connectivity index (χ1v) is 8.22. The van der Waals surface area contributed by atoms with Crippen molar-refractivity contribution < 1.29 is 4.79 Å². The van der Waals surface area contributed by atoms with Gasteiger partial charge in [-0.1, -0.05) is 42.5 Å². The quantitative estimate of drug-likeness (QED) is 0.534. The van der Waals surface area contributed by atoms with E-state index in [1.165, 1.54) is 4.57 Å². The molecule has 0 fully saturated rings. The number of para-hydroxylation sites is 1. The maximum atomic E-state index is 13.0. The number of Topliss-reactive ketones (excluding diaryl/α,β-unsaturated/α-hetero) is 1. The number of benzene rings is 2. The second kappa shape index (κ2) is 6.72. The summed E-state index contributed by atoms with van der Waals surface area (Å²) in [6.45, 7) is -0.0785. The highest BCUT2D eigenvalue weighted by Crippen LogP contribution is 2.18. The van der Waals surface area contributed by atoms with Gasteiger partial charge in [0.15, 0.2) is 5.78 Å². The molecule has 0 saturated heterocycles. The van der Waals surface area contributed by atoms with Crippen LogP contribution in [0.15, 0.2) is 83.9 Å². The predicted octanol–water partition coefficient (Wildman–Crippen LogP) is 3.34. The molecule has 0 N–H and O–H groups in total. The average molecular weight is 341 g/mol. The fourth-order valence-electron chi connectivity index (χ4n) is 2.89. The SMILES string of the molecule is O=C(Cn1c(-c2cccnc2)nc2ccccc2c1=O)c1ccccc1. The van der Waals surface area contributed by atoms with Gasteiger partial charge < -0.3 is 0 Å². The van der Waals surface area contributed by atoms with Crippen molar-refractivity contribution >= 4 is 16.7 Å². The van der Waals surface area contributed by atoms with Crippen LogP contribution in [0, 0.1) is 0 Å². The monoisotopic (exact) mass is 341 g/mol. The van der Waals surface area contributed by atoms with Gasteiger partial charge in [-0.15, -0.1) is 0 Å². The fraction of sp³-hybridized carbons (Fsp3) is 0.0476. The summed E-state index contributed by atoms with van der Waals surface area (Å²) >= 11 is 0. The van der Waals surface area contributed by atoms with Gasteiger partial charge in [0, 0.05) is 23.5 Å². The number of carbonyl (C=O) groups is 1. The molecule has 2 heterocycles. The Morgan fingerprint density at radius 1 is 0.923 bits per heavy atom. The zero-order valence-corrected chi connectivity index (χ0v) is 13.9. The minimum Gasteiger partial charge on any atom is -0.292 e. The highest BCUT2D eigenvalue weighted by Gasteiger charge is 2.16. The molecule has 26 heavy (non-hydrogen) atoms. The highest BCUT2D eigenvalue weighted by molar-refractivity contribution is 5.96. The van der Waals surface area contributed by atoms with E-state index in [-0.39, 0.29) is 17.9 Å².